The number of aliphatic imine (C=N–C) groups is 1. The predicted octanol–water partition coefficient (Wildman–Crippen LogP) is 1.32. The molecule has 8 heteroatoms. The molecule has 2 saturated heterocycles. The molecule has 0 spiro atoms. The lowest BCUT2D eigenvalue weighted by Crippen LogP contribution is -2.42. The molecule has 8 nitrogen and oxygen atoms in total. The number of carbonyl (C=O) groups excluding carboxylic acids is 3. The number of hydrogen-bond donors (Lipinski definition) is 1. The normalized spacial score (nSPS) is 22.1. The molecule has 2 heterocycles. The van der Waals surface area contributed by atoms with Gasteiger partial charge in [-0.05, 0) is 30.9 Å². The minimum atomic E-state index is -0.642. The summed E-state index contributed by atoms with van der Waals surface area (Å²) in [5, 5.41) is 1.33. The molecular formula is C19H22N4O4. The first kappa shape index (κ1) is 18.8. The highest BCUT2D eigenvalue weighted by molar-refractivity contribution is 6.45. The largest absolute Gasteiger partial charge is 0.376 e. The lowest BCUT2D eigenvalue weighted by Gasteiger charge is -2.30. The van der Waals surface area contributed by atoms with Crippen LogP contribution in [0.5, 0.6) is 0 Å². The Morgan fingerprint density at radius 2 is 2.04 bits per heavy atom. The summed E-state index contributed by atoms with van der Waals surface area (Å²) in [5.41, 5.74) is 2.78. The van der Waals surface area contributed by atoms with Crippen LogP contribution >= 0.6 is 0 Å². The van der Waals surface area contributed by atoms with Crippen LogP contribution in [0.3, 0.4) is 0 Å². The van der Waals surface area contributed by atoms with Gasteiger partial charge in [0.2, 0.25) is 0 Å². The van der Waals surface area contributed by atoms with Crippen molar-refractivity contribution in [3.05, 3.63) is 47.7 Å². The van der Waals surface area contributed by atoms with E-state index in [4.69, 9.17) is 4.84 Å². The van der Waals surface area contributed by atoms with E-state index in [1.54, 1.807) is 42.3 Å². The van der Waals surface area contributed by atoms with Crippen molar-refractivity contribution in [3.63, 3.8) is 0 Å². The molecule has 2 aliphatic heterocycles. The molecule has 2 aliphatic rings. The summed E-state index contributed by atoms with van der Waals surface area (Å²) in [6.45, 7) is 3.28. The van der Waals surface area contributed by atoms with Gasteiger partial charge in [-0.15, -0.1) is 0 Å². The van der Waals surface area contributed by atoms with Gasteiger partial charge in [0.25, 0.3) is 11.8 Å². The van der Waals surface area contributed by atoms with Crippen LogP contribution in [0.4, 0.5) is 0 Å². The average molecular weight is 370 g/mol. The Balaban J connectivity index is 1.94. The van der Waals surface area contributed by atoms with Crippen LogP contribution in [-0.2, 0) is 14.4 Å². The molecule has 1 atom stereocenters. The van der Waals surface area contributed by atoms with Crippen LogP contribution in [0.15, 0.2) is 47.1 Å². The summed E-state index contributed by atoms with van der Waals surface area (Å²) in [5.74, 6) is -1.17. The van der Waals surface area contributed by atoms with Gasteiger partial charge in [-0.2, -0.15) is 0 Å². The zero-order valence-corrected chi connectivity index (χ0v) is 15.3. The number of hydrazine groups is 1. The Morgan fingerprint density at radius 1 is 1.30 bits per heavy atom. The van der Waals surface area contributed by atoms with Crippen molar-refractivity contribution in [3.8, 4) is 0 Å². The third-order valence-corrected chi connectivity index (χ3v) is 4.53. The molecule has 1 aromatic rings. The number of likely N-dealkylation sites (N-methyl/N-ethyl adjacent to an activating group) is 1. The number of rotatable bonds is 3. The van der Waals surface area contributed by atoms with Crippen LogP contribution in [-0.4, -0.2) is 53.5 Å². The summed E-state index contributed by atoms with van der Waals surface area (Å²) < 4.78 is 0. The lowest BCUT2D eigenvalue weighted by molar-refractivity contribution is -0.142. The van der Waals surface area contributed by atoms with Crippen LogP contribution < -0.4 is 5.59 Å². The summed E-state index contributed by atoms with van der Waals surface area (Å²) in [6, 6.07) is 8.49. The molecule has 0 radical (unpaired) electrons. The lowest BCUT2D eigenvalue weighted by atomic mass is 10.00. The number of benzene rings is 1. The average Bonchev–Trinajstić information content (AvgIpc) is 2.99. The highest BCUT2D eigenvalue weighted by atomic mass is 16.7. The fraction of sp³-hybridized carbons (Fsp3) is 0.368. The van der Waals surface area contributed by atoms with E-state index < -0.39 is 11.9 Å². The topological polar surface area (TPSA) is 91.3 Å². The first-order chi connectivity index (χ1) is 13.0. The van der Waals surface area contributed by atoms with Gasteiger partial charge in [-0.3, -0.25) is 14.6 Å². The second-order valence-corrected chi connectivity index (χ2v) is 6.74. The second-order valence-electron chi connectivity index (χ2n) is 6.74. The molecule has 0 bridgehead atoms. The molecule has 142 valence electrons. The highest BCUT2D eigenvalue weighted by Crippen LogP contribution is 2.17. The fourth-order valence-corrected chi connectivity index (χ4v) is 3.07. The van der Waals surface area contributed by atoms with Crippen LogP contribution in [0.1, 0.15) is 30.1 Å². The van der Waals surface area contributed by atoms with Crippen molar-refractivity contribution in [1.29, 1.82) is 0 Å². The van der Waals surface area contributed by atoms with E-state index in [-0.39, 0.29) is 17.3 Å². The van der Waals surface area contributed by atoms with Gasteiger partial charge in [0, 0.05) is 31.8 Å². The number of nitrogens with one attached hydrogen (secondary N) is 1. The Bertz CT molecular complexity index is 803. The SMILES string of the molecule is CC1CCCN(C(=O)C(/C=C2/C(=O)ONN2C)=NC(=O)c2ccccc2)C1. The molecule has 1 N–H and O–H groups in total. The number of hydrogen-bond acceptors (Lipinski definition) is 6. The van der Waals surface area contributed by atoms with Crippen LogP contribution in [0.25, 0.3) is 0 Å². The summed E-state index contributed by atoms with van der Waals surface area (Å²) in [7, 11) is 1.57. The van der Waals surface area contributed by atoms with Crippen molar-refractivity contribution in [2.24, 2.45) is 10.9 Å². The number of carbonyl (C=O) groups is 3. The molecule has 1 unspecified atom stereocenters. The van der Waals surface area contributed by atoms with E-state index in [1.165, 1.54) is 11.1 Å². The van der Waals surface area contributed by atoms with Gasteiger partial charge in [0.05, 0.1) is 0 Å². The zero-order chi connectivity index (χ0) is 19.4. The van der Waals surface area contributed by atoms with Gasteiger partial charge in [0.1, 0.15) is 11.4 Å². The van der Waals surface area contributed by atoms with Crippen molar-refractivity contribution in [2.45, 2.75) is 19.8 Å². The first-order valence-electron chi connectivity index (χ1n) is 8.85. The van der Waals surface area contributed by atoms with Crippen molar-refractivity contribution >= 4 is 23.5 Å². The Hall–Kier alpha value is -3.00. The van der Waals surface area contributed by atoms with Gasteiger partial charge in [0.15, 0.2) is 0 Å². The molecular weight excluding hydrogens is 348 g/mol. The summed E-state index contributed by atoms with van der Waals surface area (Å²) >= 11 is 0. The van der Waals surface area contributed by atoms with E-state index in [0.717, 1.165) is 12.8 Å². The van der Waals surface area contributed by atoms with Gasteiger partial charge in [-0.1, -0.05) is 30.7 Å². The van der Waals surface area contributed by atoms with Crippen molar-refractivity contribution in [2.75, 3.05) is 20.1 Å². The smallest absolute Gasteiger partial charge is 0.345 e. The maximum absolute atomic E-state index is 13.0. The van der Waals surface area contributed by atoms with E-state index in [9.17, 15) is 14.4 Å². The quantitative estimate of drug-likeness (QED) is 0.637. The standard InChI is InChI=1S/C19H22N4O4/c1-13-7-6-10-23(12-13)18(25)15(11-16-19(26)27-21-22(16)2)20-17(24)14-8-4-3-5-9-14/h3-5,8-9,11,13,21H,6-7,10,12H2,1-2H3/b16-11-,20-15?. The van der Waals surface area contributed by atoms with Crippen molar-refractivity contribution in [1.82, 2.24) is 15.5 Å². The van der Waals surface area contributed by atoms with Gasteiger partial charge < -0.3 is 9.74 Å². The third kappa shape index (κ3) is 4.40. The minimum Gasteiger partial charge on any atom is -0.345 e. The van der Waals surface area contributed by atoms with E-state index in [1.807, 2.05) is 0 Å². The molecule has 27 heavy (non-hydrogen) atoms. The van der Waals surface area contributed by atoms with Crippen LogP contribution in [0, 0.1) is 5.92 Å². The maximum atomic E-state index is 13.0. The monoisotopic (exact) mass is 370 g/mol. The molecule has 2 amide bonds. The third-order valence-electron chi connectivity index (χ3n) is 4.53. The molecule has 0 saturated carbocycles. The Kier molecular flexibility index (Phi) is 5.66. The molecule has 3 rings (SSSR count). The minimum absolute atomic E-state index is 0.0829. The fourth-order valence-electron chi connectivity index (χ4n) is 3.07. The number of amides is 2. The van der Waals surface area contributed by atoms with Gasteiger partial charge >= 0.3 is 5.97 Å². The van der Waals surface area contributed by atoms with E-state index in [2.05, 4.69) is 17.5 Å². The number of piperidine rings is 1. The number of likely N-dealkylation sites (tertiary alicyclic amines) is 1. The predicted molar refractivity (Wildman–Crippen MR) is 98.3 cm³/mol. The Morgan fingerprint density at radius 3 is 2.67 bits per heavy atom. The highest BCUT2D eigenvalue weighted by Gasteiger charge is 2.29. The van der Waals surface area contributed by atoms with E-state index in [0.29, 0.717) is 24.6 Å². The second kappa shape index (κ2) is 8.13. The van der Waals surface area contributed by atoms with Crippen LogP contribution in [0.2, 0.25) is 0 Å². The Labute approximate surface area is 157 Å². The van der Waals surface area contributed by atoms with Crippen molar-refractivity contribution < 1.29 is 19.2 Å². The molecule has 0 aromatic heterocycles. The number of nitrogens with zero attached hydrogens (tertiary/aromatic N) is 3. The summed E-state index contributed by atoms with van der Waals surface area (Å²) in [6.07, 6.45) is 3.25. The summed E-state index contributed by atoms with van der Waals surface area (Å²) in [4.78, 5) is 47.8. The molecule has 1 aromatic carbocycles. The molecule has 0 aliphatic carbocycles. The first-order valence-corrected chi connectivity index (χ1v) is 8.85. The zero-order valence-electron chi connectivity index (χ0n) is 15.3. The molecule has 2 fully saturated rings. The maximum Gasteiger partial charge on any atom is 0.376 e. The van der Waals surface area contributed by atoms with Gasteiger partial charge in [-0.25, -0.2) is 9.79 Å². The van der Waals surface area contributed by atoms with E-state index >= 15 is 0 Å².